The highest BCUT2D eigenvalue weighted by Gasteiger charge is 2.27. The molecule has 0 saturated carbocycles. The minimum Gasteiger partial charge on any atom is -0.312 e. The number of nitrogens with one attached hydrogen (secondary N) is 1. The highest BCUT2D eigenvalue weighted by molar-refractivity contribution is 7.92. The number of nitro groups is 1. The molecule has 0 spiro atoms. The first-order valence-corrected chi connectivity index (χ1v) is 9.45. The van der Waals surface area contributed by atoms with Crippen molar-refractivity contribution < 1.29 is 18.1 Å². The molecular weight excluding hydrogens is 358 g/mol. The van der Waals surface area contributed by atoms with Crippen LogP contribution in [0.2, 0.25) is 0 Å². The van der Waals surface area contributed by atoms with Crippen LogP contribution in [0, 0.1) is 17.0 Å². The molecule has 0 radical (unpaired) electrons. The molecule has 1 aliphatic rings. The van der Waals surface area contributed by atoms with E-state index in [0.717, 1.165) is 18.1 Å². The van der Waals surface area contributed by atoms with Crippen LogP contribution < -0.4 is 9.62 Å². The Bertz CT molecular complexity index is 988. The number of nitro benzene ring substituents is 1. The number of aryl methyl sites for hydroxylation is 1. The van der Waals surface area contributed by atoms with Gasteiger partial charge in [0, 0.05) is 24.7 Å². The summed E-state index contributed by atoms with van der Waals surface area (Å²) < 4.78 is 27.6. The second kappa shape index (κ2) is 6.75. The molecular formula is C17H17N3O5S. The fourth-order valence-electron chi connectivity index (χ4n) is 2.91. The zero-order valence-corrected chi connectivity index (χ0v) is 14.8. The van der Waals surface area contributed by atoms with E-state index in [1.54, 1.807) is 23.1 Å². The molecule has 8 nitrogen and oxygen atoms in total. The van der Waals surface area contributed by atoms with E-state index in [9.17, 15) is 23.3 Å². The summed E-state index contributed by atoms with van der Waals surface area (Å²) in [6.45, 7) is 2.42. The summed E-state index contributed by atoms with van der Waals surface area (Å²) in [5, 5.41) is 11.1. The van der Waals surface area contributed by atoms with Crippen molar-refractivity contribution >= 4 is 33.0 Å². The summed E-state index contributed by atoms with van der Waals surface area (Å²) in [4.78, 5) is 23.5. The molecule has 1 saturated heterocycles. The third kappa shape index (κ3) is 3.38. The van der Waals surface area contributed by atoms with Gasteiger partial charge in [0.15, 0.2) is 4.90 Å². The van der Waals surface area contributed by atoms with E-state index in [0.29, 0.717) is 18.7 Å². The number of sulfonamides is 1. The maximum Gasteiger partial charge on any atom is 0.289 e. The molecule has 0 unspecified atom stereocenters. The van der Waals surface area contributed by atoms with Crippen LogP contribution in [0.3, 0.4) is 0 Å². The molecule has 1 aliphatic heterocycles. The number of carbonyl (C=O) groups is 1. The molecule has 1 amide bonds. The summed E-state index contributed by atoms with van der Waals surface area (Å²) in [5.41, 5.74) is 1.22. The quantitative estimate of drug-likeness (QED) is 0.638. The maximum atomic E-state index is 12.6. The van der Waals surface area contributed by atoms with Crippen LogP contribution in [-0.4, -0.2) is 25.8 Å². The number of hydrogen-bond donors (Lipinski definition) is 1. The highest BCUT2D eigenvalue weighted by Crippen LogP contribution is 2.30. The summed E-state index contributed by atoms with van der Waals surface area (Å²) in [5.74, 6) is -0.00759. The SMILES string of the molecule is Cc1ccc(NS(=O)(=O)c2ccccc2[N+](=O)[O-])cc1N1CCCC1=O. The van der Waals surface area contributed by atoms with Crippen molar-refractivity contribution in [1.82, 2.24) is 0 Å². The lowest BCUT2D eigenvalue weighted by Crippen LogP contribution is -2.24. The molecule has 1 N–H and O–H groups in total. The van der Waals surface area contributed by atoms with E-state index in [1.807, 2.05) is 6.92 Å². The fraction of sp³-hybridized carbons (Fsp3) is 0.235. The van der Waals surface area contributed by atoms with Gasteiger partial charge in [-0.25, -0.2) is 8.42 Å². The van der Waals surface area contributed by atoms with Crippen LogP contribution in [0.1, 0.15) is 18.4 Å². The van der Waals surface area contributed by atoms with Crippen molar-refractivity contribution in [1.29, 1.82) is 0 Å². The minimum absolute atomic E-state index is 0.00759. The van der Waals surface area contributed by atoms with Crippen LogP contribution >= 0.6 is 0 Å². The molecule has 0 bridgehead atoms. The summed E-state index contributed by atoms with van der Waals surface area (Å²) >= 11 is 0. The van der Waals surface area contributed by atoms with Crippen molar-refractivity contribution in [3.63, 3.8) is 0 Å². The Hall–Kier alpha value is -2.94. The summed E-state index contributed by atoms with van der Waals surface area (Å²) in [6, 6.07) is 9.98. The second-order valence-electron chi connectivity index (χ2n) is 5.98. The molecule has 0 aromatic heterocycles. The number of para-hydroxylation sites is 1. The van der Waals surface area contributed by atoms with E-state index in [-0.39, 0.29) is 11.6 Å². The Morgan fingerprint density at radius 1 is 1.19 bits per heavy atom. The van der Waals surface area contributed by atoms with Gasteiger partial charge in [-0.2, -0.15) is 0 Å². The molecule has 0 aliphatic carbocycles. The third-order valence-electron chi connectivity index (χ3n) is 4.18. The van der Waals surface area contributed by atoms with Gasteiger partial charge in [0.2, 0.25) is 5.91 Å². The molecule has 1 fully saturated rings. The smallest absolute Gasteiger partial charge is 0.289 e. The van der Waals surface area contributed by atoms with Gasteiger partial charge < -0.3 is 4.90 Å². The number of benzene rings is 2. The van der Waals surface area contributed by atoms with Crippen LogP contribution in [0.5, 0.6) is 0 Å². The first-order chi connectivity index (χ1) is 12.3. The van der Waals surface area contributed by atoms with E-state index in [4.69, 9.17) is 0 Å². The molecule has 1 heterocycles. The van der Waals surface area contributed by atoms with Crippen molar-refractivity contribution in [2.75, 3.05) is 16.2 Å². The first kappa shape index (κ1) is 17.9. The number of amides is 1. The Morgan fingerprint density at radius 2 is 1.92 bits per heavy atom. The molecule has 136 valence electrons. The molecule has 3 rings (SSSR count). The minimum atomic E-state index is -4.15. The number of anilines is 2. The zero-order valence-electron chi connectivity index (χ0n) is 14.0. The van der Waals surface area contributed by atoms with E-state index in [2.05, 4.69) is 4.72 Å². The normalized spacial score (nSPS) is 14.5. The van der Waals surface area contributed by atoms with E-state index in [1.165, 1.54) is 18.2 Å². The fourth-order valence-corrected chi connectivity index (χ4v) is 4.13. The lowest BCUT2D eigenvalue weighted by molar-refractivity contribution is -0.387. The van der Waals surface area contributed by atoms with Gasteiger partial charge in [-0.05, 0) is 37.1 Å². The van der Waals surface area contributed by atoms with Crippen molar-refractivity contribution in [3.8, 4) is 0 Å². The van der Waals surface area contributed by atoms with Gasteiger partial charge in [-0.1, -0.05) is 18.2 Å². The Balaban J connectivity index is 1.96. The number of nitrogens with zero attached hydrogens (tertiary/aromatic N) is 2. The first-order valence-electron chi connectivity index (χ1n) is 7.97. The van der Waals surface area contributed by atoms with Crippen LogP contribution in [0.4, 0.5) is 17.1 Å². The molecule has 2 aromatic carbocycles. The summed E-state index contributed by atoms with van der Waals surface area (Å²) in [7, 11) is -4.15. The molecule has 26 heavy (non-hydrogen) atoms. The van der Waals surface area contributed by atoms with Gasteiger partial charge >= 0.3 is 0 Å². The van der Waals surface area contributed by atoms with E-state index >= 15 is 0 Å². The topological polar surface area (TPSA) is 110 Å². The zero-order chi connectivity index (χ0) is 18.9. The standard InChI is InChI=1S/C17H17N3O5S/c1-12-8-9-13(11-15(12)19-10-4-7-17(19)21)18-26(24,25)16-6-3-2-5-14(16)20(22)23/h2-3,5-6,8-9,11,18H,4,7,10H2,1H3. The Morgan fingerprint density at radius 3 is 2.58 bits per heavy atom. The molecule has 9 heteroatoms. The number of rotatable bonds is 5. The van der Waals surface area contributed by atoms with Crippen molar-refractivity contribution in [2.24, 2.45) is 0 Å². The van der Waals surface area contributed by atoms with Crippen molar-refractivity contribution in [3.05, 3.63) is 58.1 Å². The Labute approximate surface area is 150 Å². The van der Waals surface area contributed by atoms with Crippen LogP contribution in [0.15, 0.2) is 47.4 Å². The lowest BCUT2D eigenvalue weighted by atomic mass is 10.1. The van der Waals surface area contributed by atoms with Gasteiger partial charge in [0.05, 0.1) is 10.6 Å². The van der Waals surface area contributed by atoms with Crippen molar-refractivity contribution in [2.45, 2.75) is 24.7 Å². The number of carbonyl (C=O) groups excluding carboxylic acids is 1. The largest absolute Gasteiger partial charge is 0.312 e. The molecule has 0 atom stereocenters. The lowest BCUT2D eigenvalue weighted by Gasteiger charge is -2.19. The van der Waals surface area contributed by atoms with Crippen LogP contribution in [0.25, 0.3) is 0 Å². The van der Waals surface area contributed by atoms with Gasteiger partial charge in [0.1, 0.15) is 0 Å². The predicted octanol–water partition coefficient (Wildman–Crippen LogP) is 2.83. The average molecular weight is 375 g/mol. The van der Waals surface area contributed by atoms with Gasteiger partial charge in [-0.3, -0.25) is 19.6 Å². The van der Waals surface area contributed by atoms with Gasteiger partial charge in [0.25, 0.3) is 15.7 Å². The monoisotopic (exact) mass is 375 g/mol. The molecule has 2 aromatic rings. The average Bonchev–Trinajstić information content (AvgIpc) is 3.02. The van der Waals surface area contributed by atoms with E-state index < -0.39 is 25.5 Å². The third-order valence-corrected chi connectivity index (χ3v) is 5.61. The number of hydrogen-bond acceptors (Lipinski definition) is 5. The predicted molar refractivity (Wildman–Crippen MR) is 96.7 cm³/mol. The maximum absolute atomic E-state index is 12.6. The Kier molecular flexibility index (Phi) is 4.64. The van der Waals surface area contributed by atoms with Gasteiger partial charge in [-0.15, -0.1) is 0 Å². The summed E-state index contributed by atoms with van der Waals surface area (Å²) in [6.07, 6.45) is 1.22. The second-order valence-corrected chi connectivity index (χ2v) is 7.63. The highest BCUT2D eigenvalue weighted by atomic mass is 32.2. The van der Waals surface area contributed by atoms with Crippen LogP contribution in [-0.2, 0) is 14.8 Å².